The predicted octanol–water partition coefficient (Wildman–Crippen LogP) is 5.71. The number of carbonyl (C=O) groups is 1. The largest absolute Gasteiger partial charge is 0.465 e. The van der Waals surface area contributed by atoms with Crippen molar-refractivity contribution in [2.24, 2.45) is 11.8 Å². The van der Waals surface area contributed by atoms with E-state index in [9.17, 15) is 4.79 Å². The quantitative estimate of drug-likeness (QED) is 0.246. The molecule has 0 saturated heterocycles. The fourth-order valence-corrected chi connectivity index (χ4v) is 3.20. The van der Waals surface area contributed by atoms with Gasteiger partial charge in [0, 0.05) is 12.4 Å². The number of rotatable bonds is 17. The zero-order valence-electron chi connectivity index (χ0n) is 16.5. The minimum Gasteiger partial charge on any atom is -0.465 e. The van der Waals surface area contributed by atoms with Crippen LogP contribution in [0.1, 0.15) is 79.1 Å². The molecular weight excluding hydrogens is 320 g/mol. The van der Waals surface area contributed by atoms with Crippen molar-refractivity contribution in [1.82, 2.24) is 0 Å². The lowest BCUT2D eigenvalue weighted by molar-refractivity contribution is -0.141. The van der Waals surface area contributed by atoms with Gasteiger partial charge in [-0.25, -0.2) is 0 Å². The van der Waals surface area contributed by atoms with Crippen LogP contribution in [0.2, 0.25) is 0 Å². The van der Waals surface area contributed by atoms with Crippen molar-refractivity contribution in [3.63, 3.8) is 0 Å². The molecule has 0 saturated carbocycles. The molecule has 2 unspecified atom stereocenters. The molecule has 0 radical (unpaired) electrons. The van der Waals surface area contributed by atoms with Crippen molar-refractivity contribution >= 4 is 17.7 Å². The van der Waals surface area contributed by atoms with Gasteiger partial charge >= 0.3 is 5.97 Å². The molecule has 24 heavy (non-hydrogen) atoms. The molecule has 0 N–H and O–H groups in total. The Labute approximate surface area is 154 Å². The second kappa shape index (κ2) is 17.6. The summed E-state index contributed by atoms with van der Waals surface area (Å²) in [6, 6.07) is 0. The molecule has 0 amide bonds. The highest BCUT2D eigenvalue weighted by Gasteiger charge is 2.10. The van der Waals surface area contributed by atoms with Crippen LogP contribution >= 0.6 is 11.8 Å². The molecule has 3 nitrogen and oxygen atoms in total. The van der Waals surface area contributed by atoms with Gasteiger partial charge in [-0.3, -0.25) is 4.79 Å². The molecule has 0 aromatic rings. The summed E-state index contributed by atoms with van der Waals surface area (Å²) in [7, 11) is 0. The summed E-state index contributed by atoms with van der Waals surface area (Å²) >= 11 is 1.62. The highest BCUT2D eigenvalue weighted by Crippen LogP contribution is 2.14. The summed E-state index contributed by atoms with van der Waals surface area (Å²) in [5, 5.41) is 0. The van der Waals surface area contributed by atoms with Gasteiger partial charge in [0.25, 0.3) is 0 Å². The Morgan fingerprint density at radius 1 is 0.917 bits per heavy atom. The molecule has 0 spiro atoms. The van der Waals surface area contributed by atoms with Crippen molar-refractivity contribution in [2.45, 2.75) is 79.1 Å². The van der Waals surface area contributed by atoms with E-state index in [1.165, 1.54) is 38.5 Å². The molecular formula is C20H40O3S. The van der Waals surface area contributed by atoms with E-state index in [0.717, 1.165) is 31.8 Å². The molecule has 0 aliphatic rings. The topological polar surface area (TPSA) is 35.5 Å². The van der Waals surface area contributed by atoms with Crippen LogP contribution in [0.25, 0.3) is 0 Å². The van der Waals surface area contributed by atoms with Gasteiger partial charge < -0.3 is 9.47 Å². The Morgan fingerprint density at radius 2 is 1.50 bits per heavy atom. The van der Waals surface area contributed by atoms with Crippen molar-refractivity contribution in [2.75, 3.05) is 31.3 Å². The number of hydrogen-bond donors (Lipinski definition) is 0. The van der Waals surface area contributed by atoms with Gasteiger partial charge in [0.2, 0.25) is 0 Å². The van der Waals surface area contributed by atoms with Crippen LogP contribution in [0.3, 0.4) is 0 Å². The lowest BCUT2D eigenvalue weighted by Gasteiger charge is -2.15. The Morgan fingerprint density at radius 3 is 2.04 bits per heavy atom. The number of thioether (sulfide) groups is 1. The first-order valence-electron chi connectivity index (χ1n) is 9.98. The van der Waals surface area contributed by atoms with E-state index in [2.05, 4.69) is 27.7 Å². The van der Waals surface area contributed by atoms with E-state index in [4.69, 9.17) is 9.47 Å². The Balaban J connectivity index is 3.57. The van der Waals surface area contributed by atoms with Crippen LogP contribution in [-0.2, 0) is 14.3 Å². The zero-order valence-corrected chi connectivity index (χ0v) is 17.3. The third-order valence-electron chi connectivity index (χ3n) is 4.51. The standard InChI is InChI=1S/C20H40O3S/c1-5-9-11-18(7-3)15-22-13-14-24-17-20(21)23-16-19(8-4)12-10-6-2/h18-19H,5-17H2,1-4H3. The number of carbonyl (C=O) groups excluding carboxylic acids is 1. The molecule has 0 aromatic heterocycles. The van der Waals surface area contributed by atoms with Crippen LogP contribution < -0.4 is 0 Å². The maximum absolute atomic E-state index is 11.8. The van der Waals surface area contributed by atoms with Crippen molar-refractivity contribution < 1.29 is 14.3 Å². The molecule has 0 bridgehead atoms. The average molecular weight is 361 g/mol. The van der Waals surface area contributed by atoms with Crippen LogP contribution in [0.15, 0.2) is 0 Å². The number of hydrogen-bond acceptors (Lipinski definition) is 4. The van der Waals surface area contributed by atoms with Gasteiger partial charge in [0.05, 0.1) is 19.0 Å². The average Bonchev–Trinajstić information content (AvgIpc) is 2.60. The van der Waals surface area contributed by atoms with E-state index in [-0.39, 0.29) is 5.97 Å². The first-order chi connectivity index (χ1) is 11.7. The van der Waals surface area contributed by atoms with Gasteiger partial charge in [-0.2, -0.15) is 0 Å². The second-order valence-electron chi connectivity index (χ2n) is 6.64. The fourth-order valence-electron chi connectivity index (χ4n) is 2.57. The lowest BCUT2D eigenvalue weighted by Crippen LogP contribution is -2.16. The van der Waals surface area contributed by atoms with Gasteiger partial charge in [-0.15, -0.1) is 11.8 Å². The van der Waals surface area contributed by atoms with Crippen molar-refractivity contribution in [3.8, 4) is 0 Å². The molecule has 2 atom stereocenters. The van der Waals surface area contributed by atoms with Gasteiger partial charge in [0.15, 0.2) is 0 Å². The molecule has 0 aliphatic heterocycles. The smallest absolute Gasteiger partial charge is 0.315 e. The monoisotopic (exact) mass is 360 g/mol. The Bertz CT molecular complexity index is 284. The Hall–Kier alpha value is -0.220. The van der Waals surface area contributed by atoms with Crippen LogP contribution in [0.5, 0.6) is 0 Å². The van der Waals surface area contributed by atoms with Gasteiger partial charge in [0.1, 0.15) is 0 Å². The second-order valence-corrected chi connectivity index (χ2v) is 7.75. The molecule has 0 rings (SSSR count). The summed E-state index contributed by atoms with van der Waals surface area (Å²) < 4.78 is 11.2. The highest BCUT2D eigenvalue weighted by atomic mass is 32.2. The summed E-state index contributed by atoms with van der Waals surface area (Å²) in [6.45, 7) is 11.0. The Kier molecular flexibility index (Phi) is 17.4. The fraction of sp³-hybridized carbons (Fsp3) is 0.950. The predicted molar refractivity (Wildman–Crippen MR) is 106 cm³/mol. The number of ether oxygens (including phenoxy) is 2. The summed E-state index contributed by atoms with van der Waals surface area (Å²) in [5.41, 5.74) is 0. The lowest BCUT2D eigenvalue weighted by atomic mass is 10.0. The third kappa shape index (κ3) is 14.2. The van der Waals surface area contributed by atoms with Crippen LogP contribution in [0.4, 0.5) is 0 Å². The molecule has 0 aliphatic carbocycles. The number of unbranched alkanes of at least 4 members (excludes halogenated alkanes) is 2. The minimum absolute atomic E-state index is 0.0793. The van der Waals surface area contributed by atoms with E-state index >= 15 is 0 Å². The third-order valence-corrected chi connectivity index (χ3v) is 5.41. The van der Waals surface area contributed by atoms with E-state index in [1.54, 1.807) is 11.8 Å². The van der Waals surface area contributed by atoms with Gasteiger partial charge in [-0.05, 0) is 24.7 Å². The summed E-state index contributed by atoms with van der Waals surface area (Å²) in [5.74, 6) is 2.45. The first-order valence-corrected chi connectivity index (χ1v) is 11.1. The normalized spacial score (nSPS) is 13.7. The van der Waals surface area contributed by atoms with E-state index < -0.39 is 0 Å². The summed E-state index contributed by atoms with van der Waals surface area (Å²) in [4.78, 5) is 11.8. The summed E-state index contributed by atoms with van der Waals surface area (Å²) in [6.07, 6.45) is 9.68. The minimum atomic E-state index is -0.0793. The van der Waals surface area contributed by atoms with Crippen LogP contribution in [-0.4, -0.2) is 37.3 Å². The molecule has 144 valence electrons. The SMILES string of the molecule is CCCCC(CC)COCCSCC(=O)OCC(CC)CCCC. The van der Waals surface area contributed by atoms with Crippen molar-refractivity contribution in [3.05, 3.63) is 0 Å². The molecule has 0 aromatic carbocycles. The highest BCUT2D eigenvalue weighted by molar-refractivity contribution is 7.99. The number of esters is 1. The maximum Gasteiger partial charge on any atom is 0.315 e. The van der Waals surface area contributed by atoms with Crippen molar-refractivity contribution in [1.29, 1.82) is 0 Å². The molecule has 0 fully saturated rings. The molecule has 4 heteroatoms. The maximum atomic E-state index is 11.8. The first kappa shape index (κ1) is 23.8. The van der Waals surface area contributed by atoms with E-state index in [0.29, 0.717) is 24.2 Å². The van der Waals surface area contributed by atoms with Gasteiger partial charge in [-0.1, -0.05) is 66.2 Å². The van der Waals surface area contributed by atoms with E-state index in [1.807, 2.05) is 0 Å². The molecule has 0 heterocycles. The van der Waals surface area contributed by atoms with Crippen LogP contribution in [0, 0.1) is 11.8 Å². The zero-order chi connectivity index (χ0) is 18.0.